The summed E-state index contributed by atoms with van der Waals surface area (Å²) in [6.07, 6.45) is 3.40. The molecule has 0 unspecified atom stereocenters. The summed E-state index contributed by atoms with van der Waals surface area (Å²) < 4.78 is 6.60. The van der Waals surface area contributed by atoms with Crippen molar-refractivity contribution in [1.29, 1.82) is 0 Å². The molecule has 0 aliphatic carbocycles. The van der Waals surface area contributed by atoms with Gasteiger partial charge in [0.15, 0.2) is 0 Å². The van der Waals surface area contributed by atoms with E-state index in [0.29, 0.717) is 5.95 Å². The summed E-state index contributed by atoms with van der Waals surface area (Å²) in [7, 11) is 0. The first-order chi connectivity index (χ1) is 7.34. The summed E-state index contributed by atoms with van der Waals surface area (Å²) in [5, 5.41) is 10.8. The van der Waals surface area contributed by atoms with Crippen molar-refractivity contribution in [2.75, 3.05) is 6.61 Å². The van der Waals surface area contributed by atoms with E-state index < -0.39 is 0 Å². The quantitative estimate of drug-likeness (QED) is 0.632. The third-order valence-corrected chi connectivity index (χ3v) is 2.24. The van der Waals surface area contributed by atoms with Crippen molar-refractivity contribution in [2.24, 2.45) is 0 Å². The number of rotatable bonds is 2. The molecule has 1 saturated heterocycles. The van der Waals surface area contributed by atoms with E-state index in [1.165, 1.54) is 11.0 Å². The summed E-state index contributed by atoms with van der Waals surface area (Å²) in [6.45, 7) is 2.68. The third kappa shape index (κ3) is 1.46. The van der Waals surface area contributed by atoms with Crippen LogP contribution in [0.15, 0.2) is 12.5 Å². The standard InChI is InChI=1S/C8H8N6O/c1-5-6(7-3-15-7)2-9-8(11-5)14-4-10-12-13-14/h2,4,7H,3H2,1H3/t7-/m0/s1. The van der Waals surface area contributed by atoms with Gasteiger partial charge in [0.05, 0.1) is 6.61 Å². The monoisotopic (exact) mass is 204 g/mol. The van der Waals surface area contributed by atoms with E-state index in [0.717, 1.165) is 17.9 Å². The van der Waals surface area contributed by atoms with E-state index in [-0.39, 0.29) is 6.10 Å². The van der Waals surface area contributed by atoms with Crippen LogP contribution in [0.25, 0.3) is 5.95 Å². The van der Waals surface area contributed by atoms with Crippen LogP contribution in [0.2, 0.25) is 0 Å². The number of epoxide rings is 1. The van der Waals surface area contributed by atoms with Gasteiger partial charge >= 0.3 is 0 Å². The molecule has 76 valence electrons. The van der Waals surface area contributed by atoms with Gasteiger partial charge in [-0.05, 0) is 17.4 Å². The molecule has 3 rings (SSSR count). The Kier molecular flexibility index (Phi) is 1.72. The number of aromatic nitrogens is 6. The van der Waals surface area contributed by atoms with Gasteiger partial charge in [0.25, 0.3) is 5.95 Å². The van der Waals surface area contributed by atoms with Gasteiger partial charge in [-0.15, -0.1) is 5.10 Å². The zero-order chi connectivity index (χ0) is 10.3. The second-order valence-electron chi connectivity index (χ2n) is 3.29. The van der Waals surface area contributed by atoms with Gasteiger partial charge in [-0.1, -0.05) is 0 Å². The smallest absolute Gasteiger partial charge is 0.253 e. The molecule has 2 aromatic heterocycles. The molecule has 1 fully saturated rings. The molecule has 7 nitrogen and oxygen atoms in total. The Labute approximate surface area is 85.1 Å². The maximum atomic E-state index is 5.18. The number of hydrogen-bond donors (Lipinski definition) is 0. The normalized spacial score (nSPS) is 19.1. The highest BCUT2D eigenvalue weighted by Crippen LogP contribution is 2.30. The third-order valence-electron chi connectivity index (χ3n) is 2.24. The molecule has 15 heavy (non-hydrogen) atoms. The molecule has 1 aliphatic heterocycles. The molecule has 0 radical (unpaired) electrons. The molecular formula is C8H8N6O. The van der Waals surface area contributed by atoms with Crippen LogP contribution < -0.4 is 0 Å². The van der Waals surface area contributed by atoms with Crippen molar-refractivity contribution < 1.29 is 4.74 Å². The topological polar surface area (TPSA) is 81.9 Å². The maximum absolute atomic E-state index is 5.18. The number of hydrogen-bond acceptors (Lipinski definition) is 6. The average Bonchev–Trinajstić information content (AvgIpc) is 2.93. The molecule has 0 bridgehead atoms. The molecular weight excluding hydrogens is 196 g/mol. The van der Waals surface area contributed by atoms with Crippen LogP contribution in [-0.4, -0.2) is 36.8 Å². The van der Waals surface area contributed by atoms with Gasteiger partial charge in [-0.2, -0.15) is 4.68 Å². The van der Waals surface area contributed by atoms with Gasteiger partial charge in [-0.25, -0.2) is 9.97 Å². The fraction of sp³-hybridized carbons (Fsp3) is 0.375. The largest absolute Gasteiger partial charge is 0.368 e. The lowest BCUT2D eigenvalue weighted by atomic mass is 10.2. The van der Waals surface area contributed by atoms with Gasteiger partial charge in [0.2, 0.25) is 0 Å². The van der Waals surface area contributed by atoms with Crippen LogP contribution in [0, 0.1) is 6.92 Å². The predicted octanol–water partition coefficient (Wildman–Crippen LogP) is -0.168. The van der Waals surface area contributed by atoms with Gasteiger partial charge in [0.1, 0.15) is 12.4 Å². The molecule has 0 saturated carbocycles. The van der Waals surface area contributed by atoms with E-state index in [9.17, 15) is 0 Å². The predicted molar refractivity (Wildman–Crippen MR) is 48.2 cm³/mol. The molecule has 3 heterocycles. The van der Waals surface area contributed by atoms with Crippen molar-refractivity contribution in [3.8, 4) is 5.95 Å². The van der Waals surface area contributed by atoms with E-state index in [1.807, 2.05) is 6.92 Å². The molecule has 0 N–H and O–H groups in total. The Balaban J connectivity index is 2.01. The summed E-state index contributed by atoms with van der Waals surface area (Å²) in [5.41, 5.74) is 1.94. The lowest BCUT2D eigenvalue weighted by molar-refractivity contribution is 0.413. The Morgan fingerprint density at radius 1 is 1.53 bits per heavy atom. The number of tetrazole rings is 1. The lowest BCUT2D eigenvalue weighted by Crippen LogP contribution is -2.05. The molecule has 1 atom stereocenters. The second-order valence-corrected chi connectivity index (χ2v) is 3.29. The molecule has 0 spiro atoms. The number of aryl methyl sites for hydroxylation is 1. The Morgan fingerprint density at radius 2 is 2.40 bits per heavy atom. The van der Waals surface area contributed by atoms with Crippen LogP contribution in [0.1, 0.15) is 17.4 Å². The highest BCUT2D eigenvalue weighted by Gasteiger charge is 2.27. The van der Waals surface area contributed by atoms with E-state index in [4.69, 9.17) is 4.74 Å². The minimum absolute atomic E-state index is 0.174. The van der Waals surface area contributed by atoms with Gasteiger partial charge in [-0.3, -0.25) is 0 Å². The first-order valence-electron chi connectivity index (χ1n) is 4.53. The number of ether oxygens (including phenoxy) is 1. The van der Waals surface area contributed by atoms with Crippen LogP contribution in [0.4, 0.5) is 0 Å². The maximum Gasteiger partial charge on any atom is 0.253 e. The van der Waals surface area contributed by atoms with Crippen LogP contribution in [0.5, 0.6) is 0 Å². The van der Waals surface area contributed by atoms with Crippen molar-refractivity contribution in [2.45, 2.75) is 13.0 Å². The fourth-order valence-electron chi connectivity index (χ4n) is 1.37. The van der Waals surface area contributed by atoms with Crippen LogP contribution >= 0.6 is 0 Å². The second kappa shape index (κ2) is 3.06. The summed E-state index contributed by atoms with van der Waals surface area (Å²) in [5.74, 6) is 0.474. The van der Waals surface area contributed by atoms with E-state index >= 15 is 0 Å². The van der Waals surface area contributed by atoms with Crippen molar-refractivity contribution >= 4 is 0 Å². The van der Waals surface area contributed by atoms with Crippen molar-refractivity contribution in [1.82, 2.24) is 30.2 Å². The highest BCUT2D eigenvalue weighted by molar-refractivity contribution is 5.25. The van der Waals surface area contributed by atoms with Gasteiger partial charge < -0.3 is 4.74 Å². The minimum Gasteiger partial charge on any atom is -0.368 e. The SMILES string of the molecule is Cc1nc(-n2cnnn2)ncc1[C@@H]1CO1. The van der Waals surface area contributed by atoms with E-state index in [1.54, 1.807) is 6.20 Å². The zero-order valence-corrected chi connectivity index (χ0v) is 8.03. The molecule has 0 amide bonds. The number of nitrogens with zero attached hydrogens (tertiary/aromatic N) is 6. The van der Waals surface area contributed by atoms with Crippen LogP contribution in [0.3, 0.4) is 0 Å². The Morgan fingerprint density at radius 3 is 3.00 bits per heavy atom. The summed E-state index contributed by atoms with van der Waals surface area (Å²) >= 11 is 0. The van der Waals surface area contributed by atoms with Crippen molar-refractivity contribution in [3.63, 3.8) is 0 Å². The zero-order valence-electron chi connectivity index (χ0n) is 8.03. The molecule has 1 aliphatic rings. The Hall–Kier alpha value is -1.89. The highest BCUT2D eigenvalue weighted by atomic mass is 16.6. The fourth-order valence-corrected chi connectivity index (χ4v) is 1.37. The summed E-state index contributed by atoms with van der Waals surface area (Å²) in [6, 6.07) is 0. The van der Waals surface area contributed by atoms with Crippen molar-refractivity contribution in [3.05, 3.63) is 23.8 Å². The molecule has 2 aromatic rings. The lowest BCUT2D eigenvalue weighted by Gasteiger charge is -2.02. The minimum atomic E-state index is 0.174. The van der Waals surface area contributed by atoms with Gasteiger partial charge in [0, 0.05) is 17.5 Å². The molecule has 0 aromatic carbocycles. The summed E-state index contributed by atoms with van der Waals surface area (Å²) in [4.78, 5) is 8.48. The Bertz CT molecular complexity index is 478. The average molecular weight is 204 g/mol. The van der Waals surface area contributed by atoms with E-state index in [2.05, 4.69) is 25.5 Å². The molecule has 7 heteroatoms. The first-order valence-corrected chi connectivity index (χ1v) is 4.53. The first kappa shape index (κ1) is 8.42. The van der Waals surface area contributed by atoms with Crippen LogP contribution in [-0.2, 0) is 4.74 Å².